The Morgan fingerprint density at radius 3 is 2.12 bits per heavy atom. The van der Waals surface area contributed by atoms with E-state index in [9.17, 15) is 22.8 Å². The number of benzene rings is 2. The molecular formula is C22H24N2O7S. The number of amides is 1. The van der Waals surface area contributed by atoms with E-state index in [2.05, 4.69) is 5.32 Å². The van der Waals surface area contributed by atoms with Gasteiger partial charge in [-0.2, -0.15) is 4.31 Å². The number of carbonyl (C=O) groups is 3. The average Bonchev–Trinajstić information content (AvgIpc) is 3.37. The van der Waals surface area contributed by atoms with E-state index in [-0.39, 0.29) is 10.5 Å². The topological polar surface area (TPSA) is 119 Å². The van der Waals surface area contributed by atoms with E-state index in [4.69, 9.17) is 9.47 Å². The number of ether oxygens (including phenoxy) is 2. The number of nitrogens with one attached hydrogen (secondary N) is 1. The Morgan fingerprint density at radius 1 is 0.938 bits per heavy atom. The smallest absolute Gasteiger partial charge is 0.325 e. The minimum absolute atomic E-state index is 0.120. The Morgan fingerprint density at radius 2 is 1.53 bits per heavy atom. The summed E-state index contributed by atoms with van der Waals surface area (Å²) in [6.07, 6.45) is 1.67. The molecule has 3 rings (SSSR count). The Bertz CT molecular complexity index is 1070. The molecule has 0 aliphatic carbocycles. The summed E-state index contributed by atoms with van der Waals surface area (Å²) in [5.41, 5.74) is 0.569. The highest BCUT2D eigenvalue weighted by Crippen LogP contribution is 2.21. The summed E-state index contributed by atoms with van der Waals surface area (Å²) in [4.78, 5) is 36.3. The van der Waals surface area contributed by atoms with Crippen molar-refractivity contribution < 1.29 is 32.3 Å². The first-order chi connectivity index (χ1) is 15.3. The number of hydrogen-bond donors (Lipinski definition) is 1. The molecule has 1 aliphatic rings. The normalized spacial score (nSPS) is 14.0. The molecule has 0 saturated carbocycles. The zero-order valence-corrected chi connectivity index (χ0v) is 18.4. The summed E-state index contributed by atoms with van der Waals surface area (Å²) in [5.74, 6) is -1.12. The third-order valence-corrected chi connectivity index (χ3v) is 6.90. The van der Waals surface area contributed by atoms with Gasteiger partial charge in [-0.3, -0.25) is 14.4 Å². The van der Waals surface area contributed by atoms with Crippen molar-refractivity contribution in [2.45, 2.75) is 17.7 Å². The van der Waals surface area contributed by atoms with Gasteiger partial charge in [0.05, 0.1) is 12.0 Å². The van der Waals surface area contributed by atoms with E-state index < -0.39 is 40.8 Å². The largest absolute Gasteiger partial charge is 0.497 e. The maximum absolute atomic E-state index is 12.5. The maximum Gasteiger partial charge on any atom is 0.325 e. The zero-order valence-electron chi connectivity index (χ0n) is 17.6. The molecule has 1 saturated heterocycles. The standard InChI is InChI=1S/C22H24N2O7S/c1-30-18-8-4-17(5-9-18)22(27)23-14-21(26)31-15-20(25)16-6-10-19(11-7-16)32(28,29)24-12-2-3-13-24/h4-11H,2-3,12-15H2,1H3,(H,23,27). The van der Waals surface area contributed by atoms with Gasteiger partial charge in [0.2, 0.25) is 10.0 Å². The average molecular weight is 461 g/mol. The Labute approximate surface area is 186 Å². The van der Waals surface area contributed by atoms with Gasteiger partial charge in [-0.1, -0.05) is 0 Å². The van der Waals surface area contributed by atoms with Gasteiger partial charge in [0, 0.05) is 24.2 Å². The first-order valence-corrected chi connectivity index (χ1v) is 11.5. The molecule has 2 aromatic rings. The second-order valence-electron chi connectivity index (χ2n) is 7.13. The number of methoxy groups -OCH3 is 1. The molecule has 0 aromatic heterocycles. The third-order valence-electron chi connectivity index (χ3n) is 4.99. The molecule has 0 spiro atoms. The monoisotopic (exact) mass is 460 g/mol. The van der Waals surface area contributed by atoms with Crippen LogP contribution in [0.2, 0.25) is 0 Å². The van der Waals surface area contributed by atoms with E-state index in [0.29, 0.717) is 24.4 Å². The Balaban J connectivity index is 1.47. The number of esters is 1. The predicted molar refractivity (Wildman–Crippen MR) is 115 cm³/mol. The molecule has 1 amide bonds. The molecule has 1 aliphatic heterocycles. The van der Waals surface area contributed by atoms with Gasteiger partial charge >= 0.3 is 5.97 Å². The molecule has 1 heterocycles. The second kappa shape index (κ2) is 10.4. The lowest BCUT2D eigenvalue weighted by Gasteiger charge is -2.15. The highest BCUT2D eigenvalue weighted by atomic mass is 32.2. The van der Waals surface area contributed by atoms with Crippen LogP contribution in [0.15, 0.2) is 53.4 Å². The van der Waals surface area contributed by atoms with Gasteiger partial charge in [-0.15, -0.1) is 0 Å². The SMILES string of the molecule is COc1ccc(C(=O)NCC(=O)OCC(=O)c2ccc(S(=O)(=O)N3CCCC3)cc2)cc1. The van der Waals surface area contributed by atoms with Crippen molar-refractivity contribution in [3.8, 4) is 5.75 Å². The van der Waals surface area contributed by atoms with Crippen molar-refractivity contribution in [1.82, 2.24) is 9.62 Å². The fourth-order valence-electron chi connectivity index (χ4n) is 3.17. The van der Waals surface area contributed by atoms with Gasteiger partial charge in [-0.25, -0.2) is 8.42 Å². The number of sulfonamides is 1. The van der Waals surface area contributed by atoms with Crippen molar-refractivity contribution >= 4 is 27.7 Å². The highest BCUT2D eigenvalue weighted by Gasteiger charge is 2.27. The number of Topliss-reactive ketones (excluding diaryl/α,β-unsaturated/α-hetero) is 1. The summed E-state index contributed by atoms with van der Waals surface area (Å²) < 4.78 is 36.4. The van der Waals surface area contributed by atoms with Crippen LogP contribution in [0.4, 0.5) is 0 Å². The minimum Gasteiger partial charge on any atom is -0.497 e. The summed E-state index contributed by atoms with van der Waals surface area (Å²) in [7, 11) is -2.05. The lowest BCUT2D eigenvalue weighted by atomic mass is 10.1. The molecule has 32 heavy (non-hydrogen) atoms. The number of hydrogen-bond acceptors (Lipinski definition) is 7. The van der Waals surface area contributed by atoms with E-state index in [1.807, 2.05) is 0 Å². The van der Waals surface area contributed by atoms with Crippen molar-refractivity contribution in [2.24, 2.45) is 0 Å². The fourth-order valence-corrected chi connectivity index (χ4v) is 4.68. The highest BCUT2D eigenvalue weighted by molar-refractivity contribution is 7.89. The third kappa shape index (κ3) is 5.71. The molecule has 2 aromatic carbocycles. The van der Waals surface area contributed by atoms with Crippen LogP contribution in [0.3, 0.4) is 0 Å². The minimum atomic E-state index is -3.56. The summed E-state index contributed by atoms with van der Waals surface area (Å²) in [6.45, 7) is 0.0720. The number of nitrogens with zero attached hydrogens (tertiary/aromatic N) is 1. The number of carbonyl (C=O) groups excluding carboxylic acids is 3. The molecule has 0 bridgehead atoms. The van der Waals surface area contributed by atoms with Crippen molar-refractivity contribution in [2.75, 3.05) is 33.4 Å². The molecule has 0 radical (unpaired) electrons. The van der Waals surface area contributed by atoms with Gasteiger partial charge in [0.15, 0.2) is 12.4 Å². The molecule has 0 unspecified atom stereocenters. The Kier molecular flexibility index (Phi) is 7.60. The molecular weight excluding hydrogens is 436 g/mol. The zero-order chi connectivity index (χ0) is 23.1. The fraction of sp³-hybridized carbons (Fsp3) is 0.318. The lowest BCUT2D eigenvalue weighted by molar-refractivity contribution is -0.141. The predicted octanol–water partition coefficient (Wildman–Crippen LogP) is 1.64. The van der Waals surface area contributed by atoms with Crippen LogP contribution in [-0.2, 0) is 19.6 Å². The first-order valence-electron chi connectivity index (χ1n) is 10.0. The molecule has 9 nitrogen and oxygen atoms in total. The number of ketones is 1. The van der Waals surface area contributed by atoms with E-state index >= 15 is 0 Å². The van der Waals surface area contributed by atoms with Crippen LogP contribution >= 0.6 is 0 Å². The summed E-state index contributed by atoms with van der Waals surface area (Å²) in [5, 5.41) is 2.41. The van der Waals surface area contributed by atoms with Gasteiger partial charge < -0.3 is 14.8 Å². The first kappa shape index (κ1) is 23.4. The van der Waals surface area contributed by atoms with Crippen molar-refractivity contribution in [3.05, 3.63) is 59.7 Å². The van der Waals surface area contributed by atoms with Crippen LogP contribution < -0.4 is 10.1 Å². The molecule has 170 valence electrons. The quantitative estimate of drug-likeness (QED) is 0.446. The van der Waals surface area contributed by atoms with Crippen LogP contribution in [0.25, 0.3) is 0 Å². The van der Waals surface area contributed by atoms with Gasteiger partial charge in [0.25, 0.3) is 5.91 Å². The van der Waals surface area contributed by atoms with Gasteiger partial charge in [-0.05, 0) is 61.4 Å². The Hall–Kier alpha value is -3.24. The molecule has 10 heteroatoms. The van der Waals surface area contributed by atoms with Crippen LogP contribution in [0.5, 0.6) is 5.75 Å². The lowest BCUT2D eigenvalue weighted by Crippen LogP contribution is -2.31. The molecule has 0 atom stereocenters. The molecule has 1 N–H and O–H groups in total. The van der Waals surface area contributed by atoms with E-state index in [1.165, 1.54) is 35.7 Å². The van der Waals surface area contributed by atoms with Crippen LogP contribution in [0.1, 0.15) is 33.6 Å². The molecule has 1 fully saturated rings. The van der Waals surface area contributed by atoms with E-state index in [1.54, 1.807) is 24.3 Å². The van der Waals surface area contributed by atoms with Crippen LogP contribution in [-0.4, -0.2) is 63.7 Å². The maximum atomic E-state index is 12.5. The van der Waals surface area contributed by atoms with E-state index in [0.717, 1.165) is 12.8 Å². The summed E-state index contributed by atoms with van der Waals surface area (Å²) >= 11 is 0. The van der Waals surface area contributed by atoms with Gasteiger partial charge in [0.1, 0.15) is 12.3 Å². The second-order valence-corrected chi connectivity index (χ2v) is 9.07. The summed E-state index contributed by atoms with van der Waals surface area (Å²) in [6, 6.07) is 11.9. The van der Waals surface area contributed by atoms with Crippen molar-refractivity contribution in [3.63, 3.8) is 0 Å². The van der Waals surface area contributed by atoms with Crippen molar-refractivity contribution in [1.29, 1.82) is 0 Å². The van der Waals surface area contributed by atoms with Crippen LogP contribution in [0, 0.1) is 0 Å². The number of rotatable bonds is 9.